The first-order valence-corrected chi connectivity index (χ1v) is 8.75. The highest BCUT2D eigenvalue weighted by Crippen LogP contribution is 2.07. The van der Waals surface area contributed by atoms with Crippen molar-refractivity contribution < 1.29 is 22.3 Å². The summed E-state index contributed by atoms with van der Waals surface area (Å²) in [7, 11) is -3.84. The number of rotatable bonds is 8. The number of ether oxygens (including phenoxy) is 1. The second-order valence-corrected chi connectivity index (χ2v) is 7.27. The predicted molar refractivity (Wildman–Crippen MR) is 82.0 cm³/mol. The zero-order valence-electron chi connectivity index (χ0n) is 13.0. The first kappa shape index (κ1) is 18.6. The maximum atomic E-state index is 12.8. The quantitative estimate of drug-likeness (QED) is 0.793. The van der Waals surface area contributed by atoms with Crippen LogP contribution in [-0.4, -0.2) is 27.0 Å². The van der Waals surface area contributed by atoms with Crippen molar-refractivity contribution in [3.05, 3.63) is 35.6 Å². The fourth-order valence-electron chi connectivity index (χ4n) is 1.63. The summed E-state index contributed by atoms with van der Waals surface area (Å²) in [6.45, 7) is 5.95. The molecule has 22 heavy (non-hydrogen) atoms. The smallest absolute Gasteiger partial charge is 0.262 e. The van der Waals surface area contributed by atoms with E-state index < -0.39 is 33.6 Å². The van der Waals surface area contributed by atoms with Crippen LogP contribution in [0, 0.1) is 11.7 Å². The Labute approximate surface area is 130 Å². The number of hydrogen-bond donors (Lipinski definition) is 1. The van der Waals surface area contributed by atoms with Crippen LogP contribution >= 0.6 is 0 Å². The van der Waals surface area contributed by atoms with E-state index in [9.17, 15) is 17.6 Å². The molecule has 124 valence electrons. The van der Waals surface area contributed by atoms with E-state index in [0.29, 0.717) is 18.1 Å². The van der Waals surface area contributed by atoms with E-state index >= 15 is 0 Å². The molecule has 0 saturated heterocycles. The molecule has 1 N–H and O–H groups in total. The predicted octanol–water partition coefficient (Wildman–Crippen LogP) is 2.22. The molecule has 1 unspecified atom stereocenters. The summed E-state index contributed by atoms with van der Waals surface area (Å²) in [4.78, 5) is 11.8. The van der Waals surface area contributed by atoms with Gasteiger partial charge in [0.1, 0.15) is 11.9 Å². The molecule has 1 rings (SSSR count). The molecule has 0 aliphatic rings. The van der Waals surface area contributed by atoms with Crippen LogP contribution < -0.4 is 4.72 Å². The van der Waals surface area contributed by atoms with Gasteiger partial charge in [-0.15, -0.1) is 0 Å². The molecule has 1 aromatic rings. The third-order valence-corrected chi connectivity index (χ3v) is 4.18. The van der Waals surface area contributed by atoms with Gasteiger partial charge in [-0.1, -0.05) is 26.0 Å². The molecule has 7 heteroatoms. The first-order valence-electron chi connectivity index (χ1n) is 7.10. The van der Waals surface area contributed by atoms with Gasteiger partial charge in [0.15, 0.2) is 0 Å². The number of benzene rings is 1. The average molecular weight is 331 g/mol. The summed E-state index contributed by atoms with van der Waals surface area (Å²) in [5.41, 5.74) is 0.398. The Morgan fingerprint density at radius 3 is 2.36 bits per heavy atom. The molecule has 0 saturated carbocycles. The lowest BCUT2D eigenvalue weighted by Gasteiger charge is -2.14. The zero-order valence-corrected chi connectivity index (χ0v) is 13.8. The summed E-state index contributed by atoms with van der Waals surface area (Å²) < 4.78 is 43.8. The van der Waals surface area contributed by atoms with Crippen LogP contribution in [0.15, 0.2) is 24.3 Å². The molecule has 0 bridgehead atoms. The van der Waals surface area contributed by atoms with Gasteiger partial charge in [0, 0.05) is 6.61 Å². The number of amides is 1. The van der Waals surface area contributed by atoms with E-state index in [0.717, 1.165) is 6.42 Å². The Morgan fingerprint density at radius 1 is 1.23 bits per heavy atom. The van der Waals surface area contributed by atoms with Crippen molar-refractivity contribution in [3.8, 4) is 0 Å². The van der Waals surface area contributed by atoms with Crippen LogP contribution in [0.2, 0.25) is 0 Å². The molecule has 1 atom stereocenters. The van der Waals surface area contributed by atoms with Gasteiger partial charge in [-0.2, -0.15) is 0 Å². The van der Waals surface area contributed by atoms with Crippen molar-refractivity contribution in [1.29, 1.82) is 0 Å². The van der Waals surface area contributed by atoms with Crippen LogP contribution in [0.1, 0.15) is 32.8 Å². The topological polar surface area (TPSA) is 72.5 Å². The van der Waals surface area contributed by atoms with Crippen molar-refractivity contribution in [2.24, 2.45) is 5.92 Å². The molecule has 0 fully saturated rings. The van der Waals surface area contributed by atoms with Crippen LogP contribution in [0.3, 0.4) is 0 Å². The van der Waals surface area contributed by atoms with Crippen molar-refractivity contribution in [3.63, 3.8) is 0 Å². The summed E-state index contributed by atoms with van der Waals surface area (Å²) >= 11 is 0. The first-order chi connectivity index (χ1) is 10.2. The monoisotopic (exact) mass is 331 g/mol. The molecule has 5 nitrogen and oxygen atoms in total. The maximum absolute atomic E-state index is 12.8. The minimum absolute atomic E-state index is 0.391. The van der Waals surface area contributed by atoms with E-state index in [2.05, 4.69) is 0 Å². The highest BCUT2D eigenvalue weighted by atomic mass is 32.2. The molecule has 0 spiro atoms. The fraction of sp³-hybridized carbons (Fsp3) is 0.533. The van der Waals surface area contributed by atoms with E-state index in [4.69, 9.17) is 4.74 Å². The average Bonchev–Trinajstić information content (AvgIpc) is 2.40. The van der Waals surface area contributed by atoms with Crippen molar-refractivity contribution in [2.75, 3.05) is 6.61 Å². The fourth-order valence-corrected chi connectivity index (χ4v) is 2.80. The lowest BCUT2D eigenvalue weighted by Crippen LogP contribution is -2.39. The van der Waals surface area contributed by atoms with Gasteiger partial charge in [0.2, 0.25) is 10.0 Å². The zero-order chi connectivity index (χ0) is 16.8. The lowest BCUT2D eigenvalue weighted by atomic mass is 10.1. The van der Waals surface area contributed by atoms with E-state index in [-0.39, 0.29) is 0 Å². The molecule has 1 amide bonds. The van der Waals surface area contributed by atoms with Gasteiger partial charge in [-0.05, 0) is 37.0 Å². The normalized spacial score (nSPS) is 13.1. The molecule has 0 aliphatic carbocycles. The molecular weight excluding hydrogens is 309 g/mol. The number of carbonyl (C=O) groups excluding carboxylic acids is 1. The number of sulfonamides is 1. The van der Waals surface area contributed by atoms with Crippen LogP contribution in [0.25, 0.3) is 0 Å². The minimum atomic E-state index is -3.84. The van der Waals surface area contributed by atoms with Crippen LogP contribution in [0.5, 0.6) is 0 Å². The third kappa shape index (κ3) is 7.00. The van der Waals surface area contributed by atoms with Crippen molar-refractivity contribution in [1.82, 2.24) is 4.72 Å². The summed E-state index contributed by atoms with van der Waals surface area (Å²) in [5.74, 6) is -1.10. The third-order valence-electron chi connectivity index (χ3n) is 2.96. The Bertz CT molecular complexity index is 584. The second-order valence-electron chi connectivity index (χ2n) is 5.55. The van der Waals surface area contributed by atoms with Gasteiger partial charge in [-0.3, -0.25) is 9.52 Å². The highest BCUT2D eigenvalue weighted by molar-refractivity contribution is 7.89. The minimum Gasteiger partial charge on any atom is -0.369 e. The van der Waals surface area contributed by atoms with E-state index in [1.54, 1.807) is 0 Å². The van der Waals surface area contributed by atoms with Gasteiger partial charge >= 0.3 is 0 Å². The number of nitrogens with one attached hydrogen (secondary N) is 1. The SMILES string of the molecule is CC(C)CCOC(C)C(=O)NS(=O)(=O)Cc1ccc(F)cc1. The van der Waals surface area contributed by atoms with Gasteiger partial charge < -0.3 is 4.74 Å². The molecule has 0 aliphatic heterocycles. The number of carbonyl (C=O) groups is 1. The Hall–Kier alpha value is -1.47. The van der Waals surface area contributed by atoms with Crippen LogP contribution in [0.4, 0.5) is 4.39 Å². The van der Waals surface area contributed by atoms with Gasteiger partial charge in [0.05, 0.1) is 5.75 Å². The molecular formula is C15H22FNO4S. The van der Waals surface area contributed by atoms with Crippen molar-refractivity contribution in [2.45, 2.75) is 39.0 Å². The second kappa shape index (κ2) is 8.24. The molecule has 0 aromatic heterocycles. The molecule has 0 radical (unpaired) electrons. The van der Waals surface area contributed by atoms with E-state index in [1.165, 1.54) is 31.2 Å². The van der Waals surface area contributed by atoms with Gasteiger partial charge in [0.25, 0.3) is 5.91 Å². The summed E-state index contributed by atoms with van der Waals surface area (Å²) in [6, 6.07) is 5.07. The molecule has 1 aromatic carbocycles. The lowest BCUT2D eigenvalue weighted by molar-refractivity contribution is -0.130. The summed E-state index contributed by atoms with van der Waals surface area (Å²) in [6.07, 6.45) is -0.0540. The largest absolute Gasteiger partial charge is 0.369 e. The Balaban J connectivity index is 2.52. The summed E-state index contributed by atoms with van der Waals surface area (Å²) in [5, 5.41) is 0. The number of halogens is 1. The van der Waals surface area contributed by atoms with E-state index in [1.807, 2.05) is 18.6 Å². The number of hydrogen-bond acceptors (Lipinski definition) is 4. The maximum Gasteiger partial charge on any atom is 0.262 e. The Morgan fingerprint density at radius 2 is 1.82 bits per heavy atom. The highest BCUT2D eigenvalue weighted by Gasteiger charge is 2.20. The van der Waals surface area contributed by atoms with Gasteiger partial charge in [-0.25, -0.2) is 12.8 Å². The standard InChI is InChI=1S/C15H22FNO4S/c1-11(2)8-9-21-12(3)15(18)17-22(19,20)10-13-4-6-14(16)7-5-13/h4-7,11-12H,8-10H2,1-3H3,(H,17,18). The molecule has 0 heterocycles. The van der Waals surface area contributed by atoms with Crippen molar-refractivity contribution >= 4 is 15.9 Å². The Kier molecular flexibility index (Phi) is 6.96. The van der Waals surface area contributed by atoms with Crippen LogP contribution in [-0.2, 0) is 25.3 Å².